The number of nitrogens with one attached hydrogen (secondary N) is 1. The molecule has 1 heterocycles. The van der Waals surface area contributed by atoms with Crippen molar-refractivity contribution in [2.45, 2.75) is 52.6 Å². The lowest BCUT2D eigenvalue weighted by Gasteiger charge is -2.32. The van der Waals surface area contributed by atoms with Gasteiger partial charge in [0.05, 0.1) is 6.10 Å². The summed E-state index contributed by atoms with van der Waals surface area (Å²) in [4.78, 5) is 2.58. The van der Waals surface area contributed by atoms with E-state index in [1.54, 1.807) is 0 Å². The zero-order valence-electron chi connectivity index (χ0n) is 12.6. The van der Waals surface area contributed by atoms with Crippen LogP contribution in [0.25, 0.3) is 0 Å². The lowest BCUT2D eigenvalue weighted by molar-refractivity contribution is 0.00408. The number of likely N-dealkylation sites (tertiary alicyclic amines) is 1. The number of rotatable bonds is 9. The molecule has 0 atom stereocenters. The van der Waals surface area contributed by atoms with E-state index in [4.69, 9.17) is 4.74 Å². The van der Waals surface area contributed by atoms with Crippen LogP contribution < -0.4 is 5.32 Å². The minimum Gasteiger partial charge on any atom is -0.378 e. The third-order valence-corrected chi connectivity index (χ3v) is 3.51. The summed E-state index contributed by atoms with van der Waals surface area (Å²) in [7, 11) is 0. The van der Waals surface area contributed by atoms with Gasteiger partial charge in [0.25, 0.3) is 0 Å². The smallest absolute Gasteiger partial charge is 0.0599 e. The van der Waals surface area contributed by atoms with Gasteiger partial charge in [0, 0.05) is 27.7 Å². The van der Waals surface area contributed by atoms with Gasteiger partial charge in [-0.25, -0.2) is 0 Å². The molecule has 3 heteroatoms. The summed E-state index contributed by atoms with van der Waals surface area (Å²) in [6.45, 7) is 13.6. The molecule has 0 aromatic carbocycles. The minimum absolute atomic E-state index is 0. The molecule has 1 aliphatic heterocycles. The molecule has 0 saturated carbocycles. The Morgan fingerprint density at radius 1 is 1.28 bits per heavy atom. The monoisotopic (exact) mass is 258 g/mol. The van der Waals surface area contributed by atoms with Crippen LogP contribution in [0.15, 0.2) is 0 Å². The van der Waals surface area contributed by atoms with E-state index in [1.807, 2.05) is 0 Å². The topological polar surface area (TPSA) is 24.5 Å². The predicted octanol–water partition coefficient (Wildman–Crippen LogP) is 2.76. The highest BCUT2D eigenvalue weighted by atomic mass is 16.5. The molecule has 1 rings (SSSR count). The lowest BCUT2D eigenvalue weighted by atomic mass is 10.1. The molecule has 0 spiro atoms. The number of nitrogens with zero attached hydrogens (tertiary/aromatic N) is 1. The van der Waals surface area contributed by atoms with Gasteiger partial charge in [0.15, 0.2) is 0 Å². The molecule has 0 aromatic rings. The number of piperidine rings is 1. The van der Waals surface area contributed by atoms with E-state index in [0.29, 0.717) is 6.10 Å². The van der Waals surface area contributed by atoms with Crippen LogP contribution in [0, 0.1) is 5.92 Å². The summed E-state index contributed by atoms with van der Waals surface area (Å²) in [5, 5.41) is 3.35. The summed E-state index contributed by atoms with van der Waals surface area (Å²) in [5.41, 5.74) is 0. The summed E-state index contributed by atoms with van der Waals surface area (Å²) < 4.78 is 5.96. The van der Waals surface area contributed by atoms with E-state index in [0.717, 1.165) is 25.6 Å². The maximum absolute atomic E-state index is 5.96. The molecule has 0 aromatic heterocycles. The zero-order chi connectivity index (χ0) is 13.2. The summed E-state index contributed by atoms with van der Waals surface area (Å²) in [5.74, 6) is 0.786. The molecule has 0 aliphatic carbocycles. The minimum atomic E-state index is 0. The van der Waals surface area contributed by atoms with Crippen LogP contribution in [0.1, 0.15) is 47.9 Å². The van der Waals surface area contributed by atoms with Crippen molar-refractivity contribution in [3.05, 3.63) is 0 Å². The number of hydrogen-bond donors (Lipinski definition) is 1. The molecule has 1 N–H and O–H groups in total. The van der Waals surface area contributed by atoms with Crippen molar-refractivity contribution < 1.29 is 6.16 Å². The van der Waals surface area contributed by atoms with Crippen LogP contribution in [0.4, 0.5) is 0 Å². The van der Waals surface area contributed by atoms with Crippen LogP contribution in [0.2, 0.25) is 0 Å². The molecule has 0 radical (unpaired) electrons. The van der Waals surface area contributed by atoms with E-state index in [-0.39, 0.29) is 1.43 Å². The van der Waals surface area contributed by atoms with Crippen molar-refractivity contribution in [2.75, 3.05) is 39.3 Å². The third-order valence-electron chi connectivity index (χ3n) is 3.51. The number of unbranched alkanes of at least 4 members (excludes halogenated alkanes) is 1. The second kappa shape index (κ2) is 9.76. The van der Waals surface area contributed by atoms with Crippen LogP contribution in [0.3, 0.4) is 0 Å². The summed E-state index contributed by atoms with van der Waals surface area (Å²) >= 11 is 0. The molecular weight excluding hydrogens is 224 g/mol. The quantitative estimate of drug-likeness (QED) is 0.644. The highest BCUT2D eigenvalue weighted by Crippen LogP contribution is 2.15. The van der Waals surface area contributed by atoms with Gasteiger partial charge in [-0.1, -0.05) is 20.8 Å². The van der Waals surface area contributed by atoms with Gasteiger partial charge in [0.2, 0.25) is 0 Å². The Morgan fingerprint density at radius 3 is 2.61 bits per heavy atom. The van der Waals surface area contributed by atoms with Crippen molar-refractivity contribution in [1.82, 2.24) is 10.2 Å². The highest BCUT2D eigenvalue weighted by molar-refractivity contribution is 4.73. The fraction of sp³-hybridized carbons (Fsp3) is 1.00. The van der Waals surface area contributed by atoms with Crippen molar-refractivity contribution in [2.24, 2.45) is 5.92 Å². The van der Waals surface area contributed by atoms with Gasteiger partial charge in [-0.2, -0.15) is 0 Å². The molecule has 0 amide bonds. The molecule has 0 unspecified atom stereocenters. The molecule has 3 nitrogen and oxygen atoms in total. The highest BCUT2D eigenvalue weighted by Gasteiger charge is 2.19. The fourth-order valence-electron chi connectivity index (χ4n) is 2.55. The SMILES string of the molecule is CCNCCCCOC1CCN(CC(C)C)CC1.[HH]. The Bertz CT molecular complexity index is 195. The summed E-state index contributed by atoms with van der Waals surface area (Å²) in [6, 6.07) is 0. The average molecular weight is 258 g/mol. The van der Waals surface area contributed by atoms with Gasteiger partial charge in [-0.3, -0.25) is 0 Å². The van der Waals surface area contributed by atoms with Gasteiger partial charge < -0.3 is 15.0 Å². The van der Waals surface area contributed by atoms with E-state index in [1.165, 1.54) is 45.3 Å². The van der Waals surface area contributed by atoms with Crippen molar-refractivity contribution in [3.63, 3.8) is 0 Å². The Morgan fingerprint density at radius 2 is 2.00 bits per heavy atom. The normalized spacial score (nSPS) is 18.7. The zero-order valence-corrected chi connectivity index (χ0v) is 12.6. The van der Waals surface area contributed by atoms with Crippen LogP contribution in [-0.2, 0) is 4.74 Å². The first kappa shape index (κ1) is 15.9. The fourth-order valence-corrected chi connectivity index (χ4v) is 2.55. The van der Waals surface area contributed by atoms with E-state index < -0.39 is 0 Å². The number of hydrogen-bond acceptors (Lipinski definition) is 3. The molecule has 1 aliphatic rings. The average Bonchev–Trinajstić information content (AvgIpc) is 2.35. The standard InChI is InChI=1S/C15H32N2O.H2/c1-4-16-9-5-6-12-18-15-7-10-17(11-8-15)13-14(2)3;/h14-16H,4-13H2,1-3H3;1H. The predicted molar refractivity (Wildman–Crippen MR) is 80.1 cm³/mol. The Balaban J connectivity index is 0.00000324. The van der Waals surface area contributed by atoms with Crippen LogP contribution >= 0.6 is 0 Å². The molecule has 1 fully saturated rings. The van der Waals surface area contributed by atoms with Gasteiger partial charge in [0.1, 0.15) is 0 Å². The van der Waals surface area contributed by atoms with Crippen LogP contribution in [-0.4, -0.2) is 50.3 Å². The van der Waals surface area contributed by atoms with Gasteiger partial charge in [-0.15, -0.1) is 0 Å². The first-order chi connectivity index (χ1) is 8.72. The van der Waals surface area contributed by atoms with Crippen molar-refractivity contribution in [3.8, 4) is 0 Å². The van der Waals surface area contributed by atoms with Gasteiger partial charge >= 0.3 is 0 Å². The first-order valence-electron chi connectivity index (χ1n) is 7.77. The molecule has 110 valence electrons. The molecule has 1 saturated heterocycles. The second-order valence-electron chi connectivity index (χ2n) is 5.83. The first-order valence-corrected chi connectivity index (χ1v) is 7.77. The van der Waals surface area contributed by atoms with E-state index in [9.17, 15) is 0 Å². The maximum atomic E-state index is 5.96. The maximum Gasteiger partial charge on any atom is 0.0599 e. The lowest BCUT2D eigenvalue weighted by Crippen LogP contribution is -2.39. The Hall–Kier alpha value is -0.120. The Kier molecular flexibility index (Phi) is 8.64. The molecular formula is C15H34N2O. The molecule has 0 bridgehead atoms. The van der Waals surface area contributed by atoms with Crippen molar-refractivity contribution in [1.29, 1.82) is 0 Å². The largest absolute Gasteiger partial charge is 0.378 e. The van der Waals surface area contributed by atoms with Crippen LogP contribution in [0.5, 0.6) is 0 Å². The Labute approximate surface area is 115 Å². The van der Waals surface area contributed by atoms with E-state index in [2.05, 4.69) is 31.0 Å². The van der Waals surface area contributed by atoms with Gasteiger partial charge in [-0.05, 0) is 44.7 Å². The van der Waals surface area contributed by atoms with Crippen molar-refractivity contribution >= 4 is 0 Å². The van der Waals surface area contributed by atoms with E-state index >= 15 is 0 Å². The second-order valence-corrected chi connectivity index (χ2v) is 5.83. The summed E-state index contributed by atoms with van der Waals surface area (Å²) in [6.07, 6.45) is 5.39. The number of ether oxygens (including phenoxy) is 1. The molecule has 18 heavy (non-hydrogen) atoms. The third kappa shape index (κ3) is 7.34.